The number of aryl methyl sites for hydroxylation is 2. The van der Waals surface area contributed by atoms with Crippen LogP contribution in [0.2, 0.25) is 0 Å². The molecule has 1 amide bonds. The van der Waals surface area contributed by atoms with E-state index in [1.54, 1.807) is 12.4 Å². The monoisotopic (exact) mass is 275 g/mol. The summed E-state index contributed by atoms with van der Waals surface area (Å²) in [6.07, 6.45) is 8.33. The first kappa shape index (κ1) is 14.3. The topological polar surface area (TPSA) is 64.7 Å². The Morgan fingerprint density at radius 3 is 2.95 bits per heavy atom. The van der Waals surface area contributed by atoms with Gasteiger partial charge in [0.05, 0.1) is 6.20 Å². The zero-order valence-corrected chi connectivity index (χ0v) is 12.2. The second kappa shape index (κ2) is 6.36. The van der Waals surface area contributed by atoms with Crippen molar-refractivity contribution in [3.05, 3.63) is 36.2 Å². The highest BCUT2D eigenvalue weighted by atomic mass is 16.2. The van der Waals surface area contributed by atoms with Crippen molar-refractivity contribution in [3.8, 4) is 0 Å². The molecule has 6 heteroatoms. The van der Waals surface area contributed by atoms with Crippen LogP contribution < -0.4 is 5.32 Å². The maximum Gasteiger partial charge on any atom is 0.243 e. The van der Waals surface area contributed by atoms with E-state index in [1.165, 1.54) is 0 Å². The predicted molar refractivity (Wildman–Crippen MR) is 76.0 cm³/mol. The molecule has 0 radical (unpaired) electrons. The Hall–Kier alpha value is -2.11. The minimum absolute atomic E-state index is 0.0191. The first-order valence-electron chi connectivity index (χ1n) is 6.90. The number of imidazole rings is 1. The maximum atomic E-state index is 12.1. The van der Waals surface area contributed by atoms with E-state index in [4.69, 9.17) is 0 Å². The molecular formula is C14H21N5O. The quantitative estimate of drug-likeness (QED) is 0.872. The lowest BCUT2D eigenvalue weighted by Gasteiger charge is -2.14. The Morgan fingerprint density at radius 1 is 1.50 bits per heavy atom. The molecule has 0 spiro atoms. The molecule has 0 bridgehead atoms. The molecule has 2 aromatic rings. The van der Waals surface area contributed by atoms with Crippen molar-refractivity contribution in [1.82, 2.24) is 24.6 Å². The smallest absolute Gasteiger partial charge is 0.243 e. The van der Waals surface area contributed by atoms with Gasteiger partial charge in [-0.15, -0.1) is 0 Å². The lowest BCUT2D eigenvalue weighted by atomic mass is 10.3. The number of hydrogen-bond acceptors (Lipinski definition) is 3. The number of nitrogens with one attached hydrogen (secondary N) is 1. The van der Waals surface area contributed by atoms with E-state index in [0.29, 0.717) is 6.54 Å². The Labute approximate surface area is 118 Å². The number of aromatic nitrogens is 4. The van der Waals surface area contributed by atoms with Gasteiger partial charge >= 0.3 is 0 Å². The standard InChI is InChI=1S/C14H21N5O/c1-4-6-18-10-13(9-17-18)8-16-14(20)11(2)19-7-5-15-12(19)3/h5,7,9-11H,4,6,8H2,1-3H3,(H,16,20)/t11-/m0/s1. The molecule has 1 N–H and O–H groups in total. The summed E-state index contributed by atoms with van der Waals surface area (Å²) in [5.41, 5.74) is 1.02. The van der Waals surface area contributed by atoms with E-state index in [9.17, 15) is 4.79 Å². The number of nitrogens with zero attached hydrogens (tertiary/aromatic N) is 4. The van der Waals surface area contributed by atoms with E-state index in [0.717, 1.165) is 24.4 Å². The largest absolute Gasteiger partial charge is 0.350 e. The maximum absolute atomic E-state index is 12.1. The van der Waals surface area contributed by atoms with Crippen LogP contribution in [0, 0.1) is 6.92 Å². The highest BCUT2D eigenvalue weighted by Gasteiger charge is 2.15. The summed E-state index contributed by atoms with van der Waals surface area (Å²) in [5.74, 6) is 0.817. The number of amides is 1. The average molecular weight is 275 g/mol. The molecule has 0 aliphatic heterocycles. The highest BCUT2D eigenvalue weighted by Crippen LogP contribution is 2.09. The zero-order valence-electron chi connectivity index (χ0n) is 12.2. The SMILES string of the molecule is CCCn1cc(CNC(=O)[C@H](C)n2ccnc2C)cn1. The Morgan fingerprint density at radius 2 is 2.30 bits per heavy atom. The van der Waals surface area contributed by atoms with Gasteiger partial charge in [0.15, 0.2) is 0 Å². The molecule has 108 valence electrons. The lowest BCUT2D eigenvalue weighted by molar-refractivity contribution is -0.124. The van der Waals surface area contributed by atoms with Gasteiger partial charge in [0.1, 0.15) is 11.9 Å². The molecule has 0 unspecified atom stereocenters. The summed E-state index contributed by atoms with van der Waals surface area (Å²) >= 11 is 0. The van der Waals surface area contributed by atoms with Crippen LogP contribution in [0.5, 0.6) is 0 Å². The minimum atomic E-state index is -0.261. The number of hydrogen-bond donors (Lipinski definition) is 1. The second-order valence-electron chi connectivity index (χ2n) is 4.89. The molecule has 2 rings (SSSR count). The predicted octanol–water partition coefficient (Wildman–Crippen LogP) is 1.68. The number of carbonyl (C=O) groups excluding carboxylic acids is 1. The molecule has 0 fully saturated rings. The zero-order chi connectivity index (χ0) is 14.5. The van der Waals surface area contributed by atoms with Crippen LogP contribution in [0.25, 0.3) is 0 Å². The van der Waals surface area contributed by atoms with Crippen LogP contribution in [0.4, 0.5) is 0 Å². The molecule has 6 nitrogen and oxygen atoms in total. The van der Waals surface area contributed by atoms with Crippen molar-refractivity contribution in [1.29, 1.82) is 0 Å². The van der Waals surface area contributed by atoms with Gasteiger partial charge in [-0.3, -0.25) is 9.48 Å². The van der Waals surface area contributed by atoms with E-state index >= 15 is 0 Å². The molecule has 0 saturated heterocycles. The van der Waals surface area contributed by atoms with Crippen molar-refractivity contribution in [2.45, 2.75) is 46.3 Å². The normalized spacial score (nSPS) is 12.3. The Bertz CT molecular complexity index is 572. The van der Waals surface area contributed by atoms with Gasteiger partial charge in [0, 0.05) is 37.2 Å². The van der Waals surface area contributed by atoms with Crippen molar-refractivity contribution < 1.29 is 4.79 Å². The van der Waals surface area contributed by atoms with Crippen LogP contribution in [0.15, 0.2) is 24.8 Å². The summed E-state index contributed by atoms with van der Waals surface area (Å²) in [6.45, 7) is 7.26. The summed E-state index contributed by atoms with van der Waals surface area (Å²) in [6, 6.07) is -0.261. The van der Waals surface area contributed by atoms with Gasteiger partial charge in [-0.1, -0.05) is 6.92 Å². The van der Waals surface area contributed by atoms with Crippen molar-refractivity contribution in [3.63, 3.8) is 0 Å². The van der Waals surface area contributed by atoms with Gasteiger partial charge in [-0.25, -0.2) is 4.98 Å². The fraction of sp³-hybridized carbons (Fsp3) is 0.500. The van der Waals surface area contributed by atoms with Crippen molar-refractivity contribution >= 4 is 5.91 Å². The van der Waals surface area contributed by atoms with Crippen LogP contribution in [-0.4, -0.2) is 25.2 Å². The molecule has 0 aliphatic carbocycles. The molecule has 0 aliphatic rings. The molecular weight excluding hydrogens is 254 g/mol. The van der Waals surface area contributed by atoms with E-state index in [1.807, 2.05) is 35.5 Å². The first-order valence-corrected chi connectivity index (χ1v) is 6.90. The third-order valence-corrected chi connectivity index (χ3v) is 3.27. The highest BCUT2D eigenvalue weighted by molar-refractivity contribution is 5.79. The number of carbonyl (C=O) groups is 1. The Balaban J connectivity index is 1.90. The fourth-order valence-electron chi connectivity index (χ4n) is 2.11. The molecule has 0 aromatic carbocycles. The molecule has 2 aromatic heterocycles. The van der Waals surface area contributed by atoms with Crippen LogP contribution in [-0.2, 0) is 17.9 Å². The lowest BCUT2D eigenvalue weighted by Crippen LogP contribution is -2.30. The molecule has 1 atom stereocenters. The van der Waals surface area contributed by atoms with E-state index < -0.39 is 0 Å². The van der Waals surface area contributed by atoms with Crippen molar-refractivity contribution in [2.24, 2.45) is 0 Å². The van der Waals surface area contributed by atoms with Crippen molar-refractivity contribution in [2.75, 3.05) is 0 Å². The summed E-state index contributed by atoms with van der Waals surface area (Å²) in [7, 11) is 0. The Kier molecular flexibility index (Phi) is 4.55. The van der Waals surface area contributed by atoms with E-state index in [-0.39, 0.29) is 11.9 Å². The fourth-order valence-corrected chi connectivity index (χ4v) is 2.11. The van der Waals surface area contributed by atoms with Crippen LogP contribution in [0.3, 0.4) is 0 Å². The van der Waals surface area contributed by atoms with Crippen LogP contribution >= 0.6 is 0 Å². The molecule has 2 heterocycles. The second-order valence-corrected chi connectivity index (χ2v) is 4.89. The van der Waals surface area contributed by atoms with Gasteiger partial charge in [-0.05, 0) is 20.3 Å². The first-order chi connectivity index (χ1) is 9.61. The summed E-state index contributed by atoms with van der Waals surface area (Å²) in [4.78, 5) is 16.2. The molecule has 20 heavy (non-hydrogen) atoms. The van der Waals surface area contributed by atoms with Gasteiger partial charge in [-0.2, -0.15) is 5.10 Å². The van der Waals surface area contributed by atoms with Gasteiger partial charge < -0.3 is 9.88 Å². The summed E-state index contributed by atoms with van der Waals surface area (Å²) in [5, 5.41) is 7.17. The number of rotatable bonds is 6. The minimum Gasteiger partial charge on any atom is -0.350 e. The van der Waals surface area contributed by atoms with Crippen LogP contribution in [0.1, 0.15) is 37.7 Å². The molecule has 0 saturated carbocycles. The van der Waals surface area contributed by atoms with Gasteiger partial charge in [0.25, 0.3) is 0 Å². The van der Waals surface area contributed by atoms with Gasteiger partial charge in [0.2, 0.25) is 5.91 Å². The average Bonchev–Trinajstić information content (AvgIpc) is 3.05. The summed E-state index contributed by atoms with van der Waals surface area (Å²) < 4.78 is 3.75. The third kappa shape index (κ3) is 3.26. The van der Waals surface area contributed by atoms with E-state index in [2.05, 4.69) is 22.3 Å². The third-order valence-electron chi connectivity index (χ3n) is 3.27.